The molecule has 0 aromatic rings. The minimum absolute atomic E-state index is 0.00419. The number of amides is 1. The predicted molar refractivity (Wildman–Crippen MR) is 82.9 cm³/mol. The normalized spacial score (nSPS) is 19.8. The maximum atomic E-state index is 12.2. The van der Waals surface area contributed by atoms with Crippen LogP contribution in [0.25, 0.3) is 0 Å². The number of likely N-dealkylation sites (tertiary alicyclic amines) is 1. The van der Waals surface area contributed by atoms with E-state index in [1.807, 2.05) is 20.8 Å². The SMILES string of the molecule is CCCC(C)NC(=O)C(C)N1CCC(C(=O)OCC)CC1. The Kier molecular flexibility index (Phi) is 7.72. The molecule has 0 bridgehead atoms. The van der Waals surface area contributed by atoms with Gasteiger partial charge in [-0.1, -0.05) is 13.3 Å². The summed E-state index contributed by atoms with van der Waals surface area (Å²) in [5.41, 5.74) is 0. The third-order valence-electron chi connectivity index (χ3n) is 4.19. The summed E-state index contributed by atoms with van der Waals surface area (Å²) in [5.74, 6) is -0.00756. The molecule has 0 saturated carbocycles. The van der Waals surface area contributed by atoms with Gasteiger partial charge in [-0.25, -0.2) is 0 Å². The maximum Gasteiger partial charge on any atom is 0.309 e. The van der Waals surface area contributed by atoms with Crippen molar-refractivity contribution in [3.05, 3.63) is 0 Å². The Morgan fingerprint density at radius 2 is 1.86 bits per heavy atom. The number of hydrogen-bond acceptors (Lipinski definition) is 4. The van der Waals surface area contributed by atoms with Gasteiger partial charge in [0.15, 0.2) is 0 Å². The molecular weight excluding hydrogens is 268 g/mol. The van der Waals surface area contributed by atoms with Crippen molar-refractivity contribution < 1.29 is 14.3 Å². The molecule has 1 fully saturated rings. The van der Waals surface area contributed by atoms with E-state index in [1.165, 1.54) is 0 Å². The van der Waals surface area contributed by atoms with E-state index in [0.717, 1.165) is 38.8 Å². The molecule has 1 rings (SSSR count). The molecule has 0 spiro atoms. The summed E-state index contributed by atoms with van der Waals surface area (Å²) in [4.78, 5) is 26.1. The van der Waals surface area contributed by atoms with Crippen LogP contribution in [-0.2, 0) is 14.3 Å². The lowest BCUT2D eigenvalue weighted by molar-refractivity contribution is -0.149. The van der Waals surface area contributed by atoms with Crippen molar-refractivity contribution in [2.45, 2.75) is 65.5 Å². The van der Waals surface area contributed by atoms with Crippen molar-refractivity contribution in [3.8, 4) is 0 Å². The van der Waals surface area contributed by atoms with E-state index < -0.39 is 0 Å². The number of nitrogens with one attached hydrogen (secondary N) is 1. The minimum atomic E-state index is -0.132. The molecule has 0 aromatic carbocycles. The maximum absolute atomic E-state index is 12.2. The average Bonchev–Trinajstić information content (AvgIpc) is 2.47. The van der Waals surface area contributed by atoms with Gasteiger partial charge in [-0.3, -0.25) is 14.5 Å². The standard InChI is InChI=1S/C16H30N2O3/c1-5-7-12(3)17-15(19)13(4)18-10-8-14(9-11-18)16(20)21-6-2/h12-14H,5-11H2,1-4H3,(H,17,19). The third-order valence-corrected chi connectivity index (χ3v) is 4.19. The van der Waals surface area contributed by atoms with Gasteiger partial charge in [-0.15, -0.1) is 0 Å². The lowest BCUT2D eigenvalue weighted by Gasteiger charge is -2.34. The number of carbonyl (C=O) groups excluding carboxylic acids is 2. The van der Waals surface area contributed by atoms with E-state index in [9.17, 15) is 9.59 Å². The van der Waals surface area contributed by atoms with E-state index in [4.69, 9.17) is 4.74 Å². The number of esters is 1. The molecule has 1 aliphatic heterocycles. The third kappa shape index (κ3) is 5.65. The number of rotatable bonds is 7. The highest BCUT2D eigenvalue weighted by Gasteiger charge is 2.30. The molecule has 0 aliphatic carbocycles. The fourth-order valence-electron chi connectivity index (χ4n) is 2.82. The predicted octanol–water partition coefficient (Wildman–Crippen LogP) is 1.95. The van der Waals surface area contributed by atoms with E-state index in [1.54, 1.807) is 0 Å². The molecular formula is C16H30N2O3. The van der Waals surface area contributed by atoms with Gasteiger partial charge in [0, 0.05) is 6.04 Å². The Bertz CT molecular complexity index is 338. The van der Waals surface area contributed by atoms with Crippen molar-refractivity contribution in [1.82, 2.24) is 10.2 Å². The number of nitrogens with zero attached hydrogens (tertiary/aromatic N) is 1. The number of ether oxygens (including phenoxy) is 1. The van der Waals surface area contributed by atoms with Crippen molar-refractivity contribution >= 4 is 11.9 Å². The second kappa shape index (κ2) is 9.03. The van der Waals surface area contributed by atoms with Crippen LogP contribution in [0.15, 0.2) is 0 Å². The van der Waals surface area contributed by atoms with Crippen molar-refractivity contribution in [1.29, 1.82) is 0 Å². The quantitative estimate of drug-likeness (QED) is 0.730. The summed E-state index contributed by atoms with van der Waals surface area (Å²) in [7, 11) is 0. The first-order valence-corrected chi connectivity index (χ1v) is 8.20. The van der Waals surface area contributed by atoms with Crippen LogP contribution in [0.2, 0.25) is 0 Å². The van der Waals surface area contributed by atoms with Gasteiger partial charge < -0.3 is 10.1 Å². The second-order valence-electron chi connectivity index (χ2n) is 5.94. The first-order valence-electron chi connectivity index (χ1n) is 8.20. The fraction of sp³-hybridized carbons (Fsp3) is 0.875. The molecule has 0 aromatic heterocycles. The lowest BCUT2D eigenvalue weighted by Crippen LogP contribution is -2.50. The number of hydrogen-bond donors (Lipinski definition) is 1. The molecule has 1 heterocycles. The van der Waals surface area contributed by atoms with E-state index in [-0.39, 0.29) is 29.9 Å². The van der Waals surface area contributed by atoms with Gasteiger partial charge in [0.1, 0.15) is 0 Å². The zero-order valence-electron chi connectivity index (χ0n) is 13.9. The van der Waals surface area contributed by atoms with Crippen LogP contribution in [0, 0.1) is 5.92 Å². The Labute approximate surface area is 128 Å². The minimum Gasteiger partial charge on any atom is -0.466 e. The molecule has 2 unspecified atom stereocenters. The Hall–Kier alpha value is -1.10. The molecule has 1 saturated heterocycles. The van der Waals surface area contributed by atoms with E-state index in [0.29, 0.717) is 6.61 Å². The zero-order valence-corrected chi connectivity index (χ0v) is 13.9. The number of carbonyl (C=O) groups is 2. The molecule has 2 atom stereocenters. The van der Waals surface area contributed by atoms with Gasteiger partial charge >= 0.3 is 5.97 Å². The van der Waals surface area contributed by atoms with Gasteiger partial charge in [0.2, 0.25) is 5.91 Å². The highest BCUT2D eigenvalue weighted by Crippen LogP contribution is 2.20. The average molecular weight is 298 g/mol. The van der Waals surface area contributed by atoms with Crippen molar-refractivity contribution in [3.63, 3.8) is 0 Å². The van der Waals surface area contributed by atoms with Crippen molar-refractivity contribution in [2.75, 3.05) is 19.7 Å². The summed E-state index contributed by atoms with van der Waals surface area (Å²) in [6.45, 7) is 9.93. The van der Waals surface area contributed by atoms with Crippen LogP contribution < -0.4 is 5.32 Å². The fourth-order valence-corrected chi connectivity index (χ4v) is 2.82. The summed E-state index contributed by atoms with van der Waals surface area (Å²) >= 11 is 0. The lowest BCUT2D eigenvalue weighted by atomic mass is 9.96. The van der Waals surface area contributed by atoms with Crippen LogP contribution in [0.4, 0.5) is 0 Å². The Morgan fingerprint density at radius 1 is 1.24 bits per heavy atom. The van der Waals surface area contributed by atoms with Crippen LogP contribution in [0.5, 0.6) is 0 Å². The molecule has 0 radical (unpaired) electrons. The summed E-state index contributed by atoms with van der Waals surface area (Å²) < 4.78 is 5.07. The molecule has 122 valence electrons. The summed E-state index contributed by atoms with van der Waals surface area (Å²) in [6.07, 6.45) is 3.63. The molecule has 21 heavy (non-hydrogen) atoms. The molecule has 1 N–H and O–H groups in total. The second-order valence-corrected chi connectivity index (χ2v) is 5.94. The van der Waals surface area contributed by atoms with Crippen LogP contribution in [-0.4, -0.2) is 48.6 Å². The topological polar surface area (TPSA) is 58.6 Å². The van der Waals surface area contributed by atoms with Gasteiger partial charge in [-0.05, 0) is 53.1 Å². The molecule has 1 aliphatic rings. The summed E-state index contributed by atoms with van der Waals surface area (Å²) in [5, 5.41) is 3.06. The van der Waals surface area contributed by atoms with Crippen molar-refractivity contribution in [2.24, 2.45) is 5.92 Å². The first-order chi connectivity index (χ1) is 9.99. The zero-order chi connectivity index (χ0) is 15.8. The molecule has 1 amide bonds. The first kappa shape index (κ1) is 18.0. The molecule has 5 nitrogen and oxygen atoms in total. The van der Waals surface area contributed by atoms with Gasteiger partial charge in [0.25, 0.3) is 0 Å². The largest absolute Gasteiger partial charge is 0.466 e. The van der Waals surface area contributed by atoms with Gasteiger partial charge in [0.05, 0.1) is 18.6 Å². The molecule has 5 heteroatoms. The van der Waals surface area contributed by atoms with Crippen LogP contribution in [0.3, 0.4) is 0 Å². The Balaban J connectivity index is 2.39. The highest BCUT2D eigenvalue weighted by atomic mass is 16.5. The van der Waals surface area contributed by atoms with E-state index >= 15 is 0 Å². The Morgan fingerprint density at radius 3 is 2.38 bits per heavy atom. The van der Waals surface area contributed by atoms with Crippen LogP contribution in [0.1, 0.15) is 53.4 Å². The van der Waals surface area contributed by atoms with Gasteiger partial charge in [-0.2, -0.15) is 0 Å². The highest BCUT2D eigenvalue weighted by molar-refractivity contribution is 5.81. The number of piperidine rings is 1. The monoisotopic (exact) mass is 298 g/mol. The van der Waals surface area contributed by atoms with Crippen LogP contribution >= 0.6 is 0 Å². The summed E-state index contributed by atoms with van der Waals surface area (Å²) in [6, 6.07) is 0.0921. The van der Waals surface area contributed by atoms with E-state index in [2.05, 4.69) is 17.1 Å². The smallest absolute Gasteiger partial charge is 0.309 e.